The first kappa shape index (κ1) is 14.8. The van der Waals surface area contributed by atoms with E-state index >= 15 is 0 Å². The Morgan fingerprint density at radius 1 is 1.22 bits per heavy atom. The van der Waals surface area contributed by atoms with Crippen molar-refractivity contribution >= 4 is 11.9 Å². The van der Waals surface area contributed by atoms with Gasteiger partial charge < -0.3 is 13.7 Å². The molecule has 0 spiro atoms. The van der Waals surface area contributed by atoms with Crippen LogP contribution in [0.4, 0.5) is 6.01 Å². The number of nitrogens with zero attached hydrogens (tertiary/aromatic N) is 3. The first-order chi connectivity index (χ1) is 11.2. The fraction of sp³-hybridized carbons (Fsp3) is 0.200. The van der Waals surface area contributed by atoms with Crippen molar-refractivity contribution in [3.63, 3.8) is 0 Å². The highest BCUT2D eigenvalue weighted by molar-refractivity contribution is 5.90. The lowest BCUT2D eigenvalue weighted by atomic mass is 10.1. The molecule has 0 radical (unpaired) electrons. The van der Waals surface area contributed by atoms with Gasteiger partial charge in [0.25, 0.3) is 5.89 Å². The van der Waals surface area contributed by atoms with Crippen LogP contribution in [0.5, 0.6) is 5.75 Å². The molecule has 0 saturated heterocycles. The van der Waals surface area contributed by atoms with Gasteiger partial charge in [-0.15, -0.1) is 5.10 Å². The molecule has 8 heteroatoms. The number of benzene rings is 1. The Bertz CT molecular complexity index is 765. The Kier molecular flexibility index (Phi) is 4.32. The van der Waals surface area contributed by atoms with Crippen LogP contribution >= 0.6 is 0 Å². The molecule has 0 bridgehead atoms. The number of aromatic nitrogens is 3. The molecule has 0 fully saturated rings. The van der Waals surface area contributed by atoms with E-state index in [1.165, 1.54) is 6.20 Å². The van der Waals surface area contributed by atoms with E-state index in [0.717, 1.165) is 11.3 Å². The van der Waals surface area contributed by atoms with Crippen LogP contribution in [0.1, 0.15) is 12.5 Å². The van der Waals surface area contributed by atoms with Gasteiger partial charge in [0.1, 0.15) is 5.75 Å². The van der Waals surface area contributed by atoms with Crippen molar-refractivity contribution in [1.29, 1.82) is 0 Å². The van der Waals surface area contributed by atoms with Gasteiger partial charge in [-0.1, -0.05) is 22.4 Å². The molecule has 0 aliphatic carbocycles. The lowest BCUT2D eigenvalue weighted by Gasteiger charge is -2.04. The van der Waals surface area contributed by atoms with Gasteiger partial charge in [-0.25, -0.2) is 0 Å². The summed E-state index contributed by atoms with van der Waals surface area (Å²) in [5, 5.41) is 13.6. The van der Waals surface area contributed by atoms with Gasteiger partial charge in [-0.2, -0.15) is 0 Å². The van der Waals surface area contributed by atoms with E-state index in [4.69, 9.17) is 13.7 Å². The number of nitrogens with one attached hydrogen (secondary N) is 1. The molecule has 118 valence electrons. The molecular formula is C15H14N4O4. The lowest BCUT2D eigenvalue weighted by Crippen LogP contribution is -2.14. The number of anilines is 1. The Morgan fingerprint density at radius 2 is 2.04 bits per heavy atom. The second-order valence-corrected chi connectivity index (χ2v) is 4.59. The zero-order valence-corrected chi connectivity index (χ0v) is 12.4. The van der Waals surface area contributed by atoms with Crippen molar-refractivity contribution in [3.8, 4) is 17.4 Å². The summed E-state index contributed by atoms with van der Waals surface area (Å²) in [6, 6.07) is 8.89. The Hall–Kier alpha value is -3.16. The second kappa shape index (κ2) is 6.73. The predicted octanol–water partition coefficient (Wildman–Crippen LogP) is 2.30. The number of hydrogen-bond donors (Lipinski definition) is 1. The van der Waals surface area contributed by atoms with Crippen molar-refractivity contribution in [2.45, 2.75) is 13.3 Å². The van der Waals surface area contributed by atoms with E-state index in [1.54, 1.807) is 6.07 Å². The van der Waals surface area contributed by atoms with Gasteiger partial charge in [0, 0.05) is 6.07 Å². The number of carbonyl (C=O) groups is 1. The largest absolute Gasteiger partial charge is 0.494 e. The van der Waals surface area contributed by atoms with Crippen molar-refractivity contribution in [2.24, 2.45) is 0 Å². The fourth-order valence-corrected chi connectivity index (χ4v) is 1.92. The van der Waals surface area contributed by atoms with Crippen molar-refractivity contribution < 1.29 is 18.5 Å². The topological polar surface area (TPSA) is 103 Å². The summed E-state index contributed by atoms with van der Waals surface area (Å²) in [7, 11) is 0. The molecule has 1 aromatic carbocycles. The quantitative estimate of drug-likeness (QED) is 0.744. The summed E-state index contributed by atoms with van der Waals surface area (Å²) in [6.07, 6.45) is 1.65. The summed E-state index contributed by atoms with van der Waals surface area (Å²) in [5.74, 6) is 0.996. The minimum absolute atomic E-state index is 0.00679. The van der Waals surface area contributed by atoms with Gasteiger partial charge in [-0.3, -0.25) is 10.1 Å². The van der Waals surface area contributed by atoms with Crippen LogP contribution in [-0.4, -0.2) is 27.9 Å². The highest BCUT2D eigenvalue weighted by Gasteiger charge is 2.14. The second-order valence-electron chi connectivity index (χ2n) is 4.59. The first-order valence-electron chi connectivity index (χ1n) is 7.00. The maximum Gasteiger partial charge on any atom is 0.322 e. The fourth-order valence-electron chi connectivity index (χ4n) is 1.92. The third-order valence-corrected chi connectivity index (χ3v) is 2.92. The van der Waals surface area contributed by atoms with Crippen LogP contribution in [0.15, 0.2) is 45.5 Å². The average Bonchev–Trinajstić information content (AvgIpc) is 3.20. The van der Waals surface area contributed by atoms with Gasteiger partial charge in [-0.05, 0) is 24.6 Å². The van der Waals surface area contributed by atoms with Crippen LogP contribution in [0, 0.1) is 0 Å². The summed E-state index contributed by atoms with van der Waals surface area (Å²) in [6.45, 7) is 2.52. The third-order valence-electron chi connectivity index (χ3n) is 2.92. The summed E-state index contributed by atoms with van der Waals surface area (Å²) in [4.78, 5) is 12.0. The molecule has 0 aliphatic rings. The molecule has 1 N–H and O–H groups in total. The smallest absolute Gasteiger partial charge is 0.322 e. The van der Waals surface area contributed by atoms with Crippen molar-refractivity contribution in [3.05, 3.63) is 42.1 Å². The van der Waals surface area contributed by atoms with Gasteiger partial charge in [0.05, 0.1) is 19.2 Å². The highest BCUT2D eigenvalue weighted by atomic mass is 16.5. The molecule has 0 unspecified atom stereocenters. The number of hydrogen-bond acceptors (Lipinski definition) is 7. The molecular weight excluding hydrogens is 300 g/mol. The Balaban J connectivity index is 1.59. The molecule has 0 saturated carbocycles. The first-order valence-corrected chi connectivity index (χ1v) is 7.00. The molecule has 3 aromatic rings. The van der Waals surface area contributed by atoms with E-state index in [-0.39, 0.29) is 24.2 Å². The monoisotopic (exact) mass is 314 g/mol. The van der Waals surface area contributed by atoms with E-state index < -0.39 is 0 Å². The van der Waals surface area contributed by atoms with Crippen LogP contribution in [0.25, 0.3) is 11.7 Å². The molecule has 0 aliphatic heterocycles. The van der Waals surface area contributed by atoms with Crippen LogP contribution in [0.2, 0.25) is 0 Å². The number of amides is 1. The van der Waals surface area contributed by atoms with Crippen LogP contribution < -0.4 is 10.1 Å². The zero-order chi connectivity index (χ0) is 16.1. The standard InChI is InChI=1S/C15H14N4O4/c1-2-21-11-5-3-10(4-6-11)9-13(20)17-15-19-18-14(22-15)12-7-8-16-23-12/h3-8H,2,9H2,1H3,(H,17,19,20). The summed E-state index contributed by atoms with van der Waals surface area (Å²) < 4.78 is 15.5. The van der Waals surface area contributed by atoms with Gasteiger partial charge in [0.2, 0.25) is 11.7 Å². The zero-order valence-electron chi connectivity index (χ0n) is 12.4. The minimum Gasteiger partial charge on any atom is -0.494 e. The normalized spacial score (nSPS) is 10.5. The van der Waals surface area contributed by atoms with Crippen LogP contribution in [0.3, 0.4) is 0 Å². The molecule has 3 rings (SSSR count). The minimum atomic E-state index is -0.262. The maximum atomic E-state index is 12.0. The van der Waals surface area contributed by atoms with E-state index in [9.17, 15) is 4.79 Å². The molecule has 1 amide bonds. The average molecular weight is 314 g/mol. The third kappa shape index (κ3) is 3.73. The molecule has 8 nitrogen and oxygen atoms in total. The highest BCUT2D eigenvalue weighted by Crippen LogP contribution is 2.19. The molecule has 2 aromatic heterocycles. The van der Waals surface area contributed by atoms with Crippen molar-refractivity contribution in [1.82, 2.24) is 15.4 Å². The number of rotatable bonds is 6. The van der Waals surface area contributed by atoms with E-state index in [0.29, 0.717) is 12.4 Å². The molecule has 23 heavy (non-hydrogen) atoms. The number of ether oxygens (including phenoxy) is 1. The summed E-state index contributed by atoms with van der Waals surface area (Å²) in [5.41, 5.74) is 0.848. The van der Waals surface area contributed by atoms with Gasteiger partial charge in [0.15, 0.2) is 0 Å². The Morgan fingerprint density at radius 3 is 2.74 bits per heavy atom. The van der Waals surface area contributed by atoms with E-state index in [1.807, 2.05) is 31.2 Å². The number of carbonyl (C=O) groups excluding carboxylic acids is 1. The van der Waals surface area contributed by atoms with Gasteiger partial charge >= 0.3 is 6.01 Å². The predicted molar refractivity (Wildman–Crippen MR) is 79.7 cm³/mol. The van der Waals surface area contributed by atoms with Crippen LogP contribution in [-0.2, 0) is 11.2 Å². The molecule has 2 heterocycles. The van der Waals surface area contributed by atoms with E-state index in [2.05, 4.69) is 20.7 Å². The lowest BCUT2D eigenvalue weighted by molar-refractivity contribution is -0.115. The summed E-state index contributed by atoms with van der Waals surface area (Å²) >= 11 is 0. The Labute approximate surface area is 131 Å². The SMILES string of the molecule is CCOc1ccc(CC(=O)Nc2nnc(-c3ccno3)o2)cc1. The maximum absolute atomic E-state index is 12.0. The molecule has 0 atom stereocenters. The van der Waals surface area contributed by atoms with Crippen molar-refractivity contribution in [2.75, 3.05) is 11.9 Å².